The molecule has 1 N–H and O–H groups in total. The Morgan fingerprint density at radius 2 is 1.18 bits per heavy atom. The summed E-state index contributed by atoms with van der Waals surface area (Å²) in [6.07, 6.45) is 17.9. The monoisotopic (exact) mass is 432 g/mol. The van der Waals surface area contributed by atoms with Crippen molar-refractivity contribution in [2.45, 2.75) is 0 Å². The Bertz CT molecular complexity index is 1150. The minimum Gasteiger partial charge on any atom is -0.478 e. The van der Waals surface area contributed by atoms with Crippen molar-refractivity contribution in [2.75, 3.05) is 0 Å². The van der Waals surface area contributed by atoms with Crippen LogP contribution in [0.2, 0.25) is 0 Å². The molecule has 0 aliphatic carbocycles. The molecular weight excluding hydrogens is 408 g/mol. The van der Waals surface area contributed by atoms with Crippen LogP contribution < -0.4 is 0 Å². The standard InChI is InChI=1S/C15H13N.C14H11NO2/c1-2-3-7-15(12-13-16)11-10-14-8-5-4-6-9-14;15-11-10-13(8-9-14(16)17)7-6-12-4-2-1-3-5-12/h2-12H,1H2;1-10H,(H,16,17). The third-order valence-corrected chi connectivity index (χ3v) is 3.84. The van der Waals surface area contributed by atoms with Crippen LogP contribution in [0.4, 0.5) is 0 Å². The fraction of sp³-hybridized carbons (Fsp3) is 0. The first-order chi connectivity index (χ1) is 16.1. The summed E-state index contributed by atoms with van der Waals surface area (Å²) >= 11 is 0. The van der Waals surface area contributed by atoms with E-state index in [0.717, 1.165) is 22.8 Å². The molecule has 4 heteroatoms. The molecule has 2 aromatic rings. The molecule has 2 rings (SSSR count). The molecule has 33 heavy (non-hydrogen) atoms. The van der Waals surface area contributed by atoms with Gasteiger partial charge in [0.15, 0.2) is 0 Å². The first-order valence-corrected chi connectivity index (χ1v) is 9.95. The Morgan fingerprint density at radius 1 is 0.727 bits per heavy atom. The van der Waals surface area contributed by atoms with Gasteiger partial charge in [-0.05, 0) is 28.3 Å². The number of benzene rings is 2. The van der Waals surface area contributed by atoms with Crippen LogP contribution in [0.3, 0.4) is 0 Å². The molecule has 0 fully saturated rings. The molecule has 162 valence electrons. The highest BCUT2D eigenvalue weighted by Gasteiger charge is 1.90. The number of allylic oxidation sites excluding steroid dienone is 10. The van der Waals surface area contributed by atoms with E-state index >= 15 is 0 Å². The molecule has 2 aromatic carbocycles. The van der Waals surface area contributed by atoms with Gasteiger partial charge < -0.3 is 5.11 Å². The first kappa shape index (κ1) is 26.1. The highest BCUT2D eigenvalue weighted by atomic mass is 16.4. The van der Waals surface area contributed by atoms with Gasteiger partial charge in [0, 0.05) is 18.2 Å². The zero-order valence-electron chi connectivity index (χ0n) is 18.1. The summed E-state index contributed by atoms with van der Waals surface area (Å²) in [6, 6.07) is 23.4. The van der Waals surface area contributed by atoms with Gasteiger partial charge in [-0.3, -0.25) is 0 Å². The van der Waals surface area contributed by atoms with Crippen LogP contribution in [-0.4, -0.2) is 11.1 Å². The number of carboxylic acid groups (broad SMARTS) is 1. The summed E-state index contributed by atoms with van der Waals surface area (Å²) in [5, 5.41) is 25.7. The number of nitrogens with zero attached hydrogens (tertiary/aromatic N) is 2. The molecular formula is C29H24N2O2. The fourth-order valence-electron chi connectivity index (χ4n) is 2.31. The predicted molar refractivity (Wildman–Crippen MR) is 134 cm³/mol. The highest BCUT2D eigenvalue weighted by molar-refractivity contribution is 5.80. The van der Waals surface area contributed by atoms with Crippen molar-refractivity contribution in [1.82, 2.24) is 0 Å². The average Bonchev–Trinajstić information content (AvgIpc) is 2.84. The fourth-order valence-corrected chi connectivity index (χ4v) is 2.31. The summed E-state index contributed by atoms with van der Waals surface area (Å²) < 4.78 is 0. The van der Waals surface area contributed by atoms with Gasteiger partial charge in [0.25, 0.3) is 0 Å². The molecule has 0 bridgehead atoms. The van der Waals surface area contributed by atoms with Gasteiger partial charge in [-0.1, -0.05) is 110 Å². The van der Waals surface area contributed by atoms with E-state index in [1.807, 2.05) is 97.1 Å². The Kier molecular flexibility index (Phi) is 13.3. The van der Waals surface area contributed by atoms with E-state index in [4.69, 9.17) is 15.6 Å². The van der Waals surface area contributed by atoms with E-state index in [1.54, 1.807) is 18.2 Å². The third-order valence-electron chi connectivity index (χ3n) is 3.84. The maximum atomic E-state index is 10.4. The molecule has 0 saturated carbocycles. The molecule has 0 atom stereocenters. The Hall–Kier alpha value is -4.93. The lowest BCUT2D eigenvalue weighted by molar-refractivity contribution is -0.131. The van der Waals surface area contributed by atoms with E-state index < -0.39 is 5.97 Å². The minimum absolute atomic E-state index is 0.541. The second kappa shape index (κ2) is 16.8. The molecule has 0 spiro atoms. The van der Waals surface area contributed by atoms with E-state index in [2.05, 4.69) is 6.58 Å². The lowest BCUT2D eigenvalue weighted by Crippen LogP contribution is -1.86. The molecule has 0 aliphatic heterocycles. The number of nitriles is 2. The van der Waals surface area contributed by atoms with Gasteiger partial charge in [0.2, 0.25) is 0 Å². The number of carbonyl (C=O) groups is 1. The van der Waals surface area contributed by atoms with Crippen molar-refractivity contribution < 1.29 is 9.90 Å². The quantitative estimate of drug-likeness (QED) is 0.286. The van der Waals surface area contributed by atoms with Crippen LogP contribution in [-0.2, 0) is 4.79 Å². The van der Waals surface area contributed by atoms with Crippen LogP contribution in [0.1, 0.15) is 11.1 Å². The van der Waals surface area contributed by atoms with Crippen molar-refractivity contribution >= 4 is 18.1 Å². The van der Waals surface area contributed by atoms with E-state index in [-0.39, 0.29) is 0 Å². The predicted octanol–water partition coefficient (Wildman–Crippen LogP) is 6.68. The second-order valence-electron chi connectivity index (χ2n) is 6.30. The summed E-state index contributed by atoms with van der Waals surface area (Å²) in [5.74, 6) is -1.04. The molecule has 0 radical (unpaired) electrons. The number of hydrogen-bond donors (Lipinski definition) is 1. The van der Waals surface area contributed by atoms with E-state index in [1.165, 1.54) is 18.2 Å². The topological polar surface area (TPSA) is 84.9 Å². The maximum absolute atomic E-state index is 10.4. The van der Waals surface area contributed by atoms with Crippen molar-refractivity contribution in [3.8, 4) is 12.1 Å². The zero-order valence-corrected chi connectivity index (χ0v) is 18.1. The van der Waals surface area contributed by atoms with Crippen LogP contribution >= 0.6 is 0 Å². The third kappa shape index (κ3) is 13.1. The van der Waals surface area contributed by atoms with Gasteiger partial charge in [0.05, 0.1) is 12.1 Å². The maximum Gasteiger partial charge on any atom is 0.328 e. The Labute approximate surface area is 195 Å². The lowest BCUT2D eigenvalue weighted by Gasteiger charge is -1.92. The van der Waals surface area contributed by atoms with Gasteiger partial charge in [-0.15, -0.1) is 0 Å². The molecule has 0 amide bonds. The van der Waals surface area contributed by atoms with Crippen molar-refractivity contribution in [1.29, 1.82) is 10.5 Å². The summed E-state index contributed by atoms with van der Waals surface area (Å²) in [6.45, 7) is 3.59. The number of rotatable bonds is 8. The van der Waals surface area contributed by atoms with Crippen LogP contribution in [0, 0.1) is 22.7 Å². The van der Waals surface area contributed by atoms with Gasteiger partial charge in [0.1, 0.15) is 0 Å². The van der Waals surface area contributed by atoms with Gasteiger partial charge >= 0.3 is 5.97 Å². The van der Waals surface area contributed by atoms with Crippen LogP contribution in [0.15, 0.2) is 133 Å². The zero-order chi connectivity index (χ0) is 24.2. The normalized spacial score (nSPS) is 11.8. The molecule has 0 aliphatic rings. The van der Waals surface area contributed by atoms with Crippen molar-refractivity contribution in [3.63, 3.8) is 0 Å². The summed E-state index contributed by atoms with van der Waals surface area (Å²) in [5.41, 5.74) is 3.49. The Balaban J connectivity index is 0.000000331. The minimum atomic E-state index is -1.04. The number of carboxylic acids is 1. The largest absolute Gasteiger partial charge is 0.478 e. The summed E-state index contributed by atoms with van der Waals surface area (Å²) in [4.78, 5) is 10.4. The van der Waals surface area contributed by atoms with Gasteiger partial charge in [-0.2, -0.15) is 10.5 Å². The van der Waals surface area contributed by atoms with Crippen LogP contribution in [0.25, 0.3) is 12.2 Å². The number of aliphatic carboxylic acids is 1. The average molecular weight is 433 g/mol. The van der Waals surface area contributed by atoms with Crippen molar-refractivity contribution in [3.05, 3.63) is 144 Å². The molecule has 0 unspecified atom stereocenters. The van der Waals surface area contributed by atoms with Crippen LogP contribution in [0.5, 0.6) is 0 Å². The smallest absolute Gasteiger partial charge is 0.328 e. The SMILES string of the molecule is C=CC=CC(C=Cc1ccccc1)=CC#N.N#CC=C(C=CC(=O)O)C=Cc1ccccc1. The second-order valence-corrected chi connectivity index (χ2v) is 6.30. The van der Waals surface area contributed by atoms with E-state index in [9.17, 15) is 4.79 Å². The first-order valence-electron chi connectivity index (χ1n) is 9.95. The van der Waals surface area contributed by atoms with E-state index in [0.29, 0.717) is 5.57 Å². The number of hydrogen-bond acceptors (Lipinski definition) is 3. The highest BCUT2D eigenvalue weighted by Crippen LogP contribution is 2.07. The Morgan fingerprint density at radius 3 is 1.58 bits per heavy atom. The molecule has 0 heterocycles. The van der Waals surface area contributed by atoms with Gasteiger partial charge in [-0.25, -0.2) is 4.79 Å². The molecule has 0 saturated heterocycles. The molecule has 4 nitrogen and oxygen atoms in total. The molecule has 0 aromatic heterocycles. The summed E-state index contributed by atoms with van der Waals surface area (Å²) in [7, 11) is 0. The van der Waals surface area contributed by atoms with Crippen molar-refractivity contribution in [2.24, 2.45) is 0 Å². The lowest BCUT2D eigenvalue weighted by atomic mass is 10.1.